The highest BCUT2D eigenvalue weighted by Gasteiger charge is 2.22. The van der Waals surface area contributed by atoms with Gasteiger partial charge in [-0.15, -0.1) is 0 Å². The average Bonchev–Trinajstić information content (AvgIpc) is 2.97. The number of aryl methyl sites for hydroxylation is 1. The minimum Gasteiger partial charge on any atom is -0.370 e. The molecule has 3 heteroatoms. The third-order valence-corrected chi connectivity index (χ3v) is 4.33. The highest BCUT2D eigenvalue weighted by Crippen LogP contribution is 2.31. The van der Waals surface area contributed by atoms with Crippen LogP contribution in [0.4, 0.5) is 5.82 Å². The van der Waals surface area contributed by atoms with Crippen molar-refractivity contribution in [2.45, 2.75) is 25.8 Å². The molecule has 0 amide bonds. The minimum atomic E-state index is 0.339. The van der Waals surface area contributed by atoms with E-state index >= 15 is 0 Å². The van der Waals surface area contributed by atoms with E-state index < -0.39 is 0 Å². The molecule has 3 nitrogen and oxygen atoms in total. The number of fused-ring (bicyclic) bond motifs is 2. The molecule has 0 spiro atoms. The molecular formula is C18H19N3. The Morgan fingerprint density at radius 2 is 2.00 bits per heavy atom. The largest absolute Gasteiger partial charge is 0.370 e. The second-order valence-corrected chi connectivity index (χ2v) is 5.66. The number of rotatable bonds is 2. The Labute approximate surface area is 124 Å². The fraction of sp³-hybridized carbons (Fsp3) is 0.278. The highest BCUT2D eigenvalue weighted by molar-refractivity contribution is 5.83. The van der Waals surface area contributed by atoms with Crippen LogP contribution in [-0.4, -0.2) is 16.3 Å². The summed E-state index contributed by atoms with van der Waals surface area (Å²) in [5.41, 5.74) is 2.51. The summed E-state index contributed by atoms with van der Waals surface area (Å²) in [5.74, 6) is 1.15. The molecule has 4 rings (SSSR count). The molecule has 0 saturated carbocycles. The van der Waals surface area contributed by atoms with E-state index in [9.17, 15) is 0 Å². The van der Waals surface area contributed by atoms with E-state index in [4.69, 9.17) is 5.10 Å². The molecule has 0 radical (unpaired) electrons. The predicted octanol–water partition coefficient (Wildman–Crippen LogP) is 4.00. The Kier molecular flexibility index (Phi) is 2.92. The molecule has 0 fully saturated rings. The van der Waals surface area contributed by atoms with Gasteiger partial charge in [-0.2, -0.15) is 5.10 Å². The molecule has 2 aromatic carbocycles. The summed E-state index contributed by atoms with van der Waals surface area (Å²) in [7, 11) is 0. The van der Waals surface area contributed by atoms with Crippen LogP contribution in [-0.2, 0) is 6.42 Å². The summed E-state index contributed by atoms with van der Waals surface area (Å²) in [5, 5.41) is 10.8. The van der Waals surface area contributed by atoms with Crippen molar-refractivity contribution in [1.82, 2.24) is 9.78 Å². The van der Waals surface area contributed by atoms with Crippen LogP contribution in [0.15, 0.2) is 48.5 Å². The highest BCUT2D eigenvalue weighted by atomic mass is 15.4. The van der Waals surface area contributed by atoms with Crippen molar-refractivity contribution in [3.63, 3.8) is 0 Å². The molecule has 1 aliphatic heterocycles. The Morgan fingerprint density at radius 3 is 2.86 bits per heavy atom. The topological polar surface area (TPSA) is 29.9 Å². The Bertz CT molecular complexity index is 788. The molecule has 21 heavy (non-hydrogen) atoms. The maximum Gasteiger partial charge on any atom is 0.125 e. The summed E-state index contributed by atoms with van der Waals surface area (Å²) >= 11 is 0. The predicted molar refractivity (Wildman–Crippen MR) is 86.8 cm³/mol. The summed E-state index contributed by atoms with van der Waals surface area (Å²) < 4.78 is 2.16. The number of benzene rings is 2. The number of hydrogen-bond acceptors (Lipinski definition) is 2. The summed E-state index contributed by atoms with van der Waals surface area (Å²) in [4.78, 5) is 0. The number of nitrogens with zero attached hydrogens (tertiary/aromatic N) is 2. The van der Waals surface area contributed by atoms with Crippen LogP contribution >= 0.6 is 0 Å². The smallest absolute Gasteiger partial charge is 0.125 e. The Hall–Kier alpha value is -2.29. The standard InChI is InChI=1S/C18H19N3/c1-2-16-12-18-19-10-9-17(21(18)20-16)15-8-7-13-5-3-4-6-14(13)11-15/h3-8,11-12,17,19H,2,9-10H2,1H3. The van der Waals surface area contributed by atoms with Gasteiger partial charge in [0.15, 0.2) is 0 Å². The number of nitrogens with one attached hydrogen (secondary N) is 1. The summed E-state index contributed by atoms with van der Waals surface area (Å²) in [6.07, 6.45) is 2.06. The van der Waals surface area contributed by atoms with Crippen molar-refractivity contribution >= 4 is 16.6 Å². The second-order valence-electron chi connectivity index (χ2n) is 5.66. The van der Waals surface area contributed by atoms with Crippen LogP contribution in [0.2, 0.25) is 0 Å². The van der Waals surface area contributed by atoms with Crippen molar-refractivity contribution in [3.05, 3.63) is 59.8 Å². The first-order valence-corrected chi connectivity index (χ1v) is 7.66. The lowest BCUT2D eigenvalue weighted by Crippen LogP contribution is -2.24. The van der Waals surface area contributed by atoms with Crippen LogP contribution in [0, 0.1) is 0 Å². The Balaban J connectivity index is 1.80. The molecule has 2 heterocycles. The number of aromatic nitrogens is 2. The molecule has 3 aromatic rings. The van der Waals surface area contributed by atoms with Gasteiger partial charge in [-0.3, -0.25) is 0 Å². The van der Waals surface area contributed by atoms with Gasteiger partial charge in [0.25, 0.3) is 0 Å². The lowest BCUT2D eigenvalue weighted by atomic mass is 9.99. The first-order chi connectivity index (χ1) is 10.3. The summed E-state index contributed by atoms with van der Waals surface area (Å²) in [6.45, 7) is 3.16. The van der Waals surface area contributed by atoms with Gasteiger partial charge in [0.2, 0.25) is 0 Å². The van der Waals surface area contributed by atoms with Gasteiger partial charge in [-0.1, -0.05) is 43.3 Å². The SMILES string of the molecule is CCc1cc2n(n1)C(c1ccc3ccccc3c1)CCN2. The first-order valence-electron chi connectivity index (χ1n) is 7.66. The molecule has 1 N–H and O–H groups in total. The minimum absolute atomic E-state index is 0.339. The third-order valence-electron chi connectivity index (χ3n) is 4.33. The number of anilines is 1. The van der Waals surface area contributed by atoms with Crippen molar-refractivity contribution in [3.8, 4) is 0 Å². The summed E-state index contributed by atoms with van der Waals surface area (Å²) in [6, 6.07) is 17.8. The van der Waals surface area contributed by atoms with E-state index in [1.165, 1.54) is 16.3 Å². The fourth-order valence-corrected chi connectivity index (χ4v) is 3.17. The van der Waals surface area contributed by atoms with Gasteiger partial charge in [0.1, 0.15) is 5.82 Å². The molecule has 1 atom stereocenters. The lowest BCUT2D eigenvalue weighted by molar-refractivity contribution is 0.479. The van der Waals surface area contributed by atoms with Gasteiger partial charge in [-0.25, -0.2) is 4.68 Å². The van der Waals surface area contributed by atoms with Crippen molar-refractivity contribution in [2.75, 3.05) is 11.9 Å². The van der Waals surface area contributed by atoms with Gasteiger partial charge in [-0.05, 0) is 35.2 Å². The normalized spacial score (nSPS) is 17.5. The van der Waals surface area contributed by atoms with Crippen LogP contribution in [0.25, 0.3) is 10.8 Å². The van der Waals surface area contributed by atoms with Crippen LogP contribution in [0.1, 0.15) is 30.6 Å². The average molecular weight is 277 g/mol. The van der Waals surface area contributed by atoms with E-state index in [1.807, 2.05) is 0 Å². The second kappa shape index (κ2) is 4.92. The van der Waals surface area contributed by atoms with Crippen molar-refractivity contribution in [2.24, 2.45) is 0 Å². The molecule has 106 valence electrons. The van der Waals surface area contributed by atoms with E-state index in [2.05, 4.69) is 65.5 Å². The van der Waals surface area contributed by atoms with Crippen molar-refractivity contribution in [1.29, 1.82) is 0 Å². The molecular weight excluding hydrogens is 258 g/mol. The van der Waals surface area contributed by atoms with E-state index in [0.29, 0.717) is 6.04 Å². The zero-order chi connectivity index (χ0) is 14.2. The third kappa shape index (κ3) is 2.09. The van der Waals surface area contributed by atoms with Crippen LogP contribution < -0.4 is 5.32 Å². The Morgan fingerprint density at radius 1 is 1.14 bits per heavy atom. The zero-order valence-electron chi connectivity index (χ0n) is 12.2. The van der Waals surface area contributed by atoms with Gasteiger partial charge >= 0.3 is 0 Å². The van der Waals surface area contributed by atoms with Crippen molar-refractivity contribution < 1.29 is 0 Å². The first kappa shape index (κ1) is 12.5. The molecule has 0 saturated heterocycles. The number of hydrogen-bond donors (Lipinski definition) is 1. The fourth-order valence-electron chi connectivity index (χ4n) is 3.17. The van der Waals surface area contributed by atoms with E-state index in [-0.39, 0.29) is 0 Å². The van der Waals surface area contributed by atoms with E-state index in [1.54, 1.807) is 0 Å². The molecule has 1 aromatic heterocycles. The van der Waals surface area contributed by atoms with Crippen LogP contribution in [0.5, 0.6) is 0 Å². The van der Waals surface area contributed by atoms with Gasteiger partial charge < -0.3 is 5.32 Å². The quantitative estimate of drug-likeness (QED) is 0.767. The molecule has 1 aliphatic rings. The molecule has 0 aliphatic carbocycles. The van der Waals surface area contributed by atoms with Gasteiger partial charge in [0, 0.05) is 12.6 Å². The zero-order valence-corrected chi connectivity index (χ0v) is 12.2. The maximum atomic E-state index is 4.76. The van der Waals surface area contributed by atoms with E-state index in [0.717, 1.165) is 30.9 Å². The lowest BCUT2D eigenvalue weighted by Gasteiger charge is -2.26. The monoisotopic (exact) mass is 277 g/mol. The molecule has 0 bridgehead atoms. The van der Waals surface area contributed by atoms with Crippen LogP contribution in [0.3, 0.4) is 0 Å². The maximum absolute atomic E-state index is 4.76. The van der Waals surface area contributed by atoms with Gasteiger partial charge in [0.05, 0.1) is 11.7 Å². The molecule has 1 unspecified atom stereocenters.